The van der Waals surface area contributed by atoms with Crippen LogP contribution in [0, 0.1) is 12.7 Å². The summed E-state index contributed by atoms with van der Waals surface area (Å²) in [6, 6.07) is 10.5. The Bertz CT molecular complexity index is 1120. The number of nitrogens with one attached hydrogen (secondary N) is 3. The van der Waals surface area contributed by atoms with Crippen molar-refractivity contribution < 1.29 is 22.5 Å². The number of guanidine groups is 1. The molecule has 0 aliphatic rings. The van der Waals surface area contributed by atoms with Gasteiger partial charge in [0.25, 0.3) is 0 Å². The van der Waals surface area contributed by atoms with Gasteiger partial charge in [-0.25, -0.2) is 4.39 Å². The number of hydrogen-bond donors (Lipinski definition) is 4. The average molecular weight is 405 g/mol. The molecule has 3 aromatic rings. The van der Waals surface area contributed by atoms with Gasteiger partial charge in [0, 0.05) is 23.0 Å². The van der Waals surface area contributed by atoms with Crippen LogP contribution in [0.5, 0.6) is 5.75 Å². The van der Waals surface area contributed by atoms with E-state index in [1.54, 1.807) is 18.2 Å². The standard InChI is InChI=1S/C19H21FN4O3S/c1-12-16(17-11-13(20)3-8-18(17)23-12)9-10-22-19(21)24-28(25,26)15-6-4-14(27-2)5-7-15/h3-8,11,23H,9-10H2,1-2H3,(H3,21,22,24)/p+1. The predicted octanol–water partition coefficient (Wildman–Crippen LogP) is 0.540. The van der Waals surface area contributed by atoms with Gasteiger partial charge in [0.05, 0.1) is 13.7 Å². The number of aromatic nitrogens is 1. The summed E-state index contributed by atoms with van der Waals surface area (Å²) >= 11 is 0. The van der Waals surface area contributed by atoms with Gasteiger partial charge >= 0.3 is 16.0 Å². The average Bonchev–Trinajstić information content (AvgIpc) is 2.96. The first kappa shape index (κ1) is 19.7. The molecule has 1 aromatic heterocycles. The van der Waals surface area contributed by atoms with E-state index in [2.05, 4.69) is 14.7 Å². The van der Waals surface area contributed by atoms with E-state index in [4.69, 9.17) is 10.5 Å². The maximum absolute atomic E-state index is 13.5. The summed E-state index contributed by atoms with van der Waals surface area (Å²) in [7, 11) is -2.30. The highest BCUT2D eigenvalue weighted by molar-refractivity contribution is 7.90. The van der Waals surface area contributed by atoms with Crippen molar-refractivity contribution in [3.8, 4) is 5.75 Å². The van der Waals surface area contributed by atoms with E-state index < -0.39 is 10.0 Å². The normalized spacial score (nSPS) is 12.3. The number of rotatable bonds is 6. The Morgan fingerprint density at radius 3 is 2.64 bits per heavy atom. The lowest BCUT2D eigenvalue weighted by atomic mass is 10.1. The first-order valence-corrected chi connectivity index (χ1v) is 10.1. The number of aryl methyl sites for hydroxylation is 1. The third-order valence-corrected chi connectivity index (χ3v) is 5.77. The molecule has 2 aromatic carbocycles. The Morgan fingerprint density at radius 2 is 1.96 bits per heavy atom. The fourth-order valence-electron chi connectivity index (χ4n) is 2.99. The highest BCUT2D eigenvalue weighted by atomic mass is 32.2. The number of hydrogen-bond acceptors (Lipinski definition) is 3. The largest absolute Gasteiger partial charge is 0.497 e. The summed E-state index contributed by atoms with van der Waals surface area (Å²) in [5, 5.41) is 0.802. The molecule has 5 N–H and O–H groups in total. The quantitative estimate of drug-likeness (QED) is 0.354. The Balaban J connectivity index is 1.69. The molecule has 7 nitrogen and oxygen atoms in total. The van der Waals surface area contributed by atoms with Gasteiger partial charge in [0.1, 0.15) is 16.5 Å². The molecular weight excluding hydrogens is 383 g/mol. The first-order chi connectivity index (χ1) is 13.3. The number of fused-ring (bicyclic) bond motifs is 1. The lowest BCUT2D eigenvalue weighted by Gasteiger charge is -2.04. The number of halogens is 1. The summed E-state index contributed by atoms with van der Waals surface area (Å²) in [4.78, 5) is 6.13. The maximum Gasteiger partial charge on any atom is 0.356 e. The Morgan fingerprint density at radius 1 is 1.25 bits per heavy atom. The molecule has 148 valence electrons. The molecule has 0 radical (unpaired) electrons. The third kappa shape index (κ3) is 4.25. The SMILES string of the molecule is COc1ccc(S(=O)(=O)NC(N)=[NH+]CCc2c(C)[nH]c3ccc(F)cc23)cc1. The number of methoxy groups -OCH3 is 1. The lowest BCUT2D eigenvalue weighted by molar-refractivity contribution is -0.458. The zero-order valence-corrected chi connectivity index (χ0v) is 16.4. The molecule has 1 heterocycles. The van der Waals surface area contributed by atoms with Gasteiger partial charge in [-0.05, 0) is 55.0 Å². The van der Waals surface area contributed by atoms with Crippen LogP contribution < -0.4 is 20.2 Å². The van der Waals surface area contributed by atoms with Gasteiger partial charge < -0.3 is 9.72 Å². The second-order valence-corrected chi connectivity index (χ2v) is 7.97. The monoisotopic (exact) mass is 405 g/mol. The Labute approximate surface area is 162 Å². The van der Waals surface area contributed by atoms with Crippen molar-refractivity contribution in [2.24, 2.45) is 5.73 Å². The molecular formula is C19H22FN4O3S+. The Kier molecular flexibility index (Phi) is 5.55. The lowest BCUT2D eigenvalue weighted by Crippen LogP contribution is -2.79. The van der Waals surface area contributed by atoms with E-state index in [1.807, 2.05) is 6.92 Å². The fourth-order valence-corrected chi connectivity index (χ4v) is 3.97. The second-order valence-electron chi connectivity index (χ2n) is 6.29. The van der Waals surface area contributed by atoms with Crippen molar-refractivity contribution in [1.29, 1.82) is 0 Å². The van der Waals surface area contributed by atoms with Crippen molar-refractivity contribution in [3.63, 3.8) is 0 Å². The minimum absolute atomic E-state index is 0.0704. The van der Waals surface area contributed by atoms with Crippen LogP contribution in [-0.4, -0.2) is 33.0 Å². The Hall–Kier alpha value is -3.07. The van der Waals surface area contributed by atoms with Gasteiger partial charge in [-0.2, -0.15) is 13.1 Å². The van der Waals surface area contributed by atoms with Crippen LogP contribution in [0.4, 0.5) is 4.39 Å². The molecule has 0 aliphatic heterocycles. The summed E-state index contributed by atoms with van der Waals surface area (Å²) in [6.07, 6.45) is 0.542. The third-order valence-electron chi connectivity index (χ3n) is 4.39. The van der Waals surface area contributed by atoms with Crippen LogP contribution in [-0.2, 0) is 16.4 Å². The molecule has 0 spiro atoms. The summed E-state index contributed by atoms with van der Waals surface area (Å²) in [6.45, 7) is 2.29. The van der Waals surface area contributed by atoms with Gasteiger partial charge in [0.2, 0.25) is 0 Å². The van der Waals surface area contributed by atoms with E-state index in [-0.39, 0.29) is 16.7 Å². The number of H-pyrrole nitrogens is 1. The maximum atomic E-state index is 13.5. The molecule has 0 saturated heterocycles. The summed E-state index contributed by atoms with van der Waals surface area (Å²) in [5.74, 6) is 0.165. The smallest absolute Gasteiger partial charge is 0.356 e. The van der Waals surface area contributed by atoms with E-state index in [0.29, 0.717) is 18.7 Å². The first-order valence-electron chi connectivity index (χ1n) is 8.60. The van der Waals surface area contributed by atoms with Crippen molar-refractivity contribution in [3.05, 3.63) is 59.5 Å². The predicted molar refractivity (Wildman–Crippen MR) is 105 cm³/mol. The van der Waals surface area contributed by atoms with Gasteiger partial charge in [0.15, 0.2) is 0 Å². The number of benzene rings is 2. The molecule has 0 bridgehead atoms. The van der Waals surface area contributed by atoms with Crippen LogP contribution >= 0.6 is 0 Å². The molecule has 0 aliphatic carbocycles. The zero-order chi connectivity index (χ0) is 20.3. The van der Waals surface area contributed by atoms with Crippen molar-refractivity contribution >= 4 is 26.9 Å². The molecule has 3 rings (SSSR count). The van der Waals surface area contributed by atoms with Gasteiger partial charge in [-0.3, -0.25) is 10.7 Å². The minimum Gasteiger partial charge on any atom is -0.497 e. The number of ether oxygens (including phenoxy) is 1. The second kappa shape index (κ2) is 7.89. The molecule has 0 atom stereocenters. The number of nitrogens with two attached hydrogens (primary N) is 1. The highest BCUT2D eigenvalue weighted by Crippen LogP contribution is 2.23. The van der Waals surface area contributed by atoms with Gasteiger partial charge in [-0.1, -0.05) is 0 Å². The molecule has 0 saturated carbocycles. The number of aromatic amines is 1. The van der Waals surface area contributed by atoms with E-state index >= 15 is 0 Å². The minimum atomic E-state index is -3.80. The highest BCUT2D eigenvalue weighted by Gasteiger charge is 2.19. The van der Waals surface area contributed by atoms with E-state index in [9.17, 15) is 12.8 Å². The van der Waals surface area contributed by atoms with Crippen molar-refractivity contribution in [2.75, 3.05) is 13.7 Å². The van der Waals surface area contributed by atoms with Crippen LogP contribution in [0.2, 0.25) is 0 Å². The van der Waals surface area contributed by atoms with Crippen LogP contribution in [0.25, 0.3) is 10.9 Å². The van der Waals surface area contributed by atoms with Crippen LogP contribution in [0.15, 0.2) is 47.4 Å². The van der Waals surface area contributed by atoms with E-state index in [0.717, 1.165) is 22.2 Å². The van der Waals surface area contributed by atoms with E-state index in [1.165, 1.54) is 31.4 Å². The molecule has 9 heteroatoms. The van der Waals surface area contributed by atoms with Crippen LogP contribution in [0.3, 0.4) is 0 Å². The summed E-state index contributed by atoms with van der Waals surface area (Å²) < 4.78 is 45.6. The van der Waals surface area contributed by atoms with Gasteiger partial charge in [-0.15, -0.1) is 0 Å². The molecule has 0 unspecified atom stereocenters. The topological polar surface area (TPSA) is 111 Å². The van der Waals surface area contributed by atoms with Crippen molar-refractivity contribution in [2.45, 2.75) is 18.2 Å². The molecule has 28 heavy (non-hydrogen) atoms. The number of sulfonamides is 1. The van der Waals surface area contributed by atoms with Crippen molar-refractivity contribution in [1.82, 2.24) is 9.71 Å². The molecule has 0 amide bonds. The molecule has 0 fully saturated rings. The summed E-state index contributed by atoms with van der Waals surface area (Å²) in [5.41, 5.74) is 8.53. The van der Waals surface area contributed by atoms with Crippen LogP contribution in [0.1, 0.15) is 11.3 Å². The zero-order valence-electron chi connectivity index (χ0n) is 15.5. The fraction of sp³-hybridized carbons (Fsp3) is 0.211.